The first-order chi connectivity index (χ1) is 9.36. The SMILES string of the molecule is Cc1[c]ccc(N=Nc2ccc(S(=O)(=O)O)cc2C)c1. The molecule has 0 saturated carbocycles. The molecule has 5 nitrogen and oxygen atoms in total. The molecule has 0 atom stereocenters. The average Bonchev–Trinajstić information content (AvgIpc) is 2.36. The molecular formula is C14H13N2O3S. The van der Waals surface area contributed by atoms with Crippen LogP contribution < -0.4 is 0 Å². The minimum absolute atomic E-state index is 0.154. The Balaban J connectivity index is 2.31. The maximum Gasteiger partial charge on any atom is 0.294 e. The van der Waals surface area contributed by atoms with Crippen molar-refractivity contribution >= 4 is 21.5 Å². The molecule has 0 bridgehead atoms. The molecule has 0 aromatic heterocycles. The molecule has 0 fully saturated rings. The highest BCUT2D eigenvalue weighted by molar-refractivity contribution is 7.85. The lowest BCUT2D eigenvalue weighted by molar-refractivity contribution is 0.483. The fourth-order valence-corrected chi connectivity index (χ4v) is 2.21. The summed E-state index contributed by atoms with van der Waals surface area (Å²) >= 11 is 0. The van der Waals surface area contributed by atoms with E-state index in [2.05, 4.69) is 16.3 Å². The standard InChI is InChI=1S/C14H13N2O3S/c1-10-4-3-5-12(8-10)15-16-14-7-6-13(9-11(14)2)20(17,18)19/h3,5-9H,1-2H3,(H,17,18,19). The summed E-state index contributed by atoms with van der Waals surface area (Å²) < 4.78 is 31.0. The van der Waals surface area contributed by atoms with Crippen LogP contribution in [0.5, 0.6) is 0 Å². The van der Waals surface area contributed by atoms with Gasteiger partial charge in [-0.25, -0.2) is 0 Å². The van der Waals surface area contributed by atoms with Crippen LogP contribution in [0, 0.1) is 19.9 Å². The number of rotatable bonds is 3. The van der Waals surface area contributed by atoms with Gasteiger partial charge in [-0.3, -0.25) is 4.55 Å². The number of nitrogens with zero attached hydrogens (tertiary/aromatic N) is 2. The Morgan fingerprint density at radius 2 is 1.85 bits per heavy atom. The van der Waals surface area contributed by atoms with Crippen molar-refractivity contribution in [1.29, 1.82) is 0 Å². The van der Waals surface area contributed by atoms with E-state index in [4.69, 9.17) is 4.55 Å². The molecule has 6 heteroatoms. The Morgan fingerprint density at radius 3 is 2.45 bits per heavy atom. The molecule has 20 heavy (non-hydrogen) atoms. The van der Waals surface area contributed by atoms with Crippen LogP contribution in [0.2, 0.25) is 0 Å². The number of benzene rings is 2. The summed E-state index contributed by atoms with van der Waals surface area (Å²) in [5, 5.41) is 8.16. The average molecular weight is 289 g/mol. The third kappa shape index (κ3) is 3.49. The topological polar surface area (TPSA) is 79.1 Å². The molecule has 0 aliphatic carbocycles. The van der Waals surface area contributed by atoms with E-state index >= 15 is 0 Å². The van der Waals surface area contributed by atoms with Gasteiger partial charge < -0.3 is 0 Å². The molecule has 1 N–H and O–H groups in total. The van der Waals surface area contributed by atoms with Crippen molar-refractivity contribution in [2.45, 2.75) is 18.7 Å². The first-order valence-corrected chi connectivity index (χ1v) is 7.28. The summed E-state index contributed by atoms with van der Waals surface area (Å²) in [6, 6.07) is 12.5. The summed E-state index contributed by atoms with van der Waals surface area (Å²) in [6.45, 7) is 3.61. The lowest BCUT2D eigenvalue weighted by atomic mass is 10.2. The molecule has 103 valence electrons. The summed E-state index contributed by atoms with van der Waals surface area (Å²) in [5.41, 5.74) is 2.81. The quantitative estimate of drug-likeness (QED) is 0.690. The van der Waals surface area contributed by atoms with Crippen molar-refractivity contribution in [3.8, 4) is 0 Å². The third-order valence-electron chi connectivity index (χ3n) is 2.67. The number of hydrogen-bond donors (Lipinski definition) is 1. The van der Waals surface area contributed by atoms with E-state index in [1.165, 1.54) is 18.2 Å². The molecule has 2 aromatic carbocycles. The predicted octanol–water partition coefficient (Wildman–Crippen LogP) is 3.77. The van der Waals surface area contributed by atoms with Gasteiger partial charge in [0.1, 0.15) is 0 Å². The van der Waals surface area contributed by atoms with Gasteiger partial charge in [0.25, 0.3) is 10.1 Å². The van der Waals surface area contributed by atoms with E-state index in [-0.39, 0.29) is 4.90 Å². The van der Waals surface area contributed by atoms with Crippen molar-refractivity contribution in [2.75, 3.05) is 0 Å². The zero-order valence-corrected chi connectivity index (χ0v) is 11.8. The lowest BCUT2D eigenvalue weighted by Gasteiger charge is -2.02. The monoisotopic (exact) mass is 289 g/mol. The van der Waals surface area contributed by atoms with Crippen LogP contribution in [0.4, 0.5) is 11.4 Å². The zero-order valence-electron chi connectivity index (χ0n) is 11.0. The molecule has 0 saturated heterocycles. The van der Waals surface area contributed by atoms with Crippen LogP contribution in [0.1, 0.15) is 11.1 Å². The van der Waals surface area contributed by atoms with Crippen LogP contribution in [0.15, 0.2) is 51.5 Å². The second-order valence-electron chi connectivity index (χ2n) is 4.35. The molecule has 2 aromatic rings. The fourth-order valence-electron chi connectivity index (χ4n) is 1.64. The maximum atomic E-state index is 11.0. The lowest BCUT2D eigenvalue weighted by Crippen LogP contribution is -1.97. The van der Waals surface area contributed by atoms with Crippen molar-refractivity contribution in [2.24, 2.45) is 10.2 Å². The van der Waals surface area contributed by atoms with Gasteiger partial charge in [-0.05, 0) is 61.4 Å². The minimum Gasteiger partial charge on any atom is -0.282 e. The Bertz CT molecular complexity index is 768. The summed E-state index contributed by atoms with van der Waals surface area (Å²) in [7, 11) is -4.19. The normalized spacial score (nSPS) is 11.9. The molecule has 0 amide bonds. The highest BCUT2D eigenvalue weighted by Crippen LogP contribution is 2.24. The van der Waals surface area contributed by atoms with E-state index in [0.717, 1.165) is 5.56 Å². The first kappa shape index (κ1) is 14.4. The number of aryl methyl sites for hydroxylation is 2. The Hall–Kier alpha value is -2.05. The molecule has 1 radical (unpaired) electrons. The van der Waals surface area contributed by atoms with E-state index in [0.29, 0.717) is 16.9 Å². The summed E-state index contributed by atoms with van der Waals surface area (Å²) in [4.78, 5) is -0.154. The second kappa shape index (κ2) is 5.52. The van der Waals surface area contributed by atoms with Gasteiger partial charge in [0, 0.05) is 0 Å². The fraction of sp³-hybridized carbons (Fsp3) is 0.143. The predicted molar refractivity (Wildman–Crippen MR) is 75.2 cm³/mol. The zero-order chi connectivity index (χ0) is 14.8. The van der Waals surface area contributed by atoms with Gasteiger partial charge >= 0.3 is 0 Å². The molecule has 0 heterocycles. The van der Waals surface area contributed by atoms with E-state index < -0.39 is 10.1 Å². The van der Waals surface area contributed by atoms with Crippen molar-refractivity contribution in [3.63, 3.8) is 0 Å². The Morgan fingerprint density at radius 1 is 1.10 bits per heavy atom. The van der Waals surface area contributed by atoms with Crippen LogP contribution in [-0.2, 0) is 10.1 Å². The van der Waals surface area contributed by atoms with Gasteiger partial charge in [0.15, 0.2) is 0 Å². The maximum absolute atomic E-state index is 11.0. The highest BCUT2D eigenvalue weighted by Gasteiger charge is 2.10. The van der Waals surface area contributed by atoms with E-state index in [9.17, 15) is 8.42 Å². The van der Waals surface area contributed by atoms with Crippen LogP contribution in [-0.4, -0.2) is 13.0 Å². The Kier molecular flexibility index (Phi) is 3.96. The van der Waals surface area contributed by atoms with Crippen LogP contribution >= 0.6 is 0 Å². The van der Waals surface area contributed by atoms with E-state index in [1.807, 2.05) is 13.0 Å². The number of hydrogen-bond acceptors (Lipinski definition) is 4. The first-order valence-electron chi connectivity index (χ1n) is 5.84. The smallest absolute Gasteiger partial charge is 0.282 e. The molecule has 0 aliphatic heterocycles. The Labute approximate surface area is 117 Å². The highest BCUT2D eigenvalue weighted by atomic mass is 32.2. The summed E-state index contributed by atoms with van der Waals surface area (Å²) in [5.74, 6) is 0. The number of azo groups is 1. The van der Waals surface area contributed by atoms with Gasteiger partial charge in [-0.2, -0.15) is 18.6 Å². The molecule has 0 aliphatic rings. The largest absolute Gasteiger partial charge is 0.294 e. The van der Waals surface area contributed by atoms with Crippen molar-refractivity contribution < 1.29 is 13.0 Å². The van der Waals surface area contributed by atoms with Crippen LogP contribution in [0.3, 0.4) is 0 Å². The third-order valence-corrected chi connectivity index (χ3v) is 3.52. The van der Waals surface area contributed by atoms with Gasteiger partial charge in [0.2, 0.25) is 0 Å². The molecule has 0 spiro atoms. The van der Waals surface area contributed by atoms with Gasteiger partial charge in [-0.1, -0.05) is 6.07 Å². The van der Waals surface area contributed by atoms with E-state index in [1.54, 1.807) is 19.1 Å². The molecule has 0 unspecified atom stereocenters. The van der Waals surface area contributed by atoms with Crippen molar-refractivity contribution in [3.05, 3.63) is 53.6 Å². The second-order valence-corrected chi connectivity index (χ2v) is 5.77. The van der Waals surface area contributed by atoms with Gasteiger partial charge in [-0.15, -0.1) is 0 Å². The summed E-state index contributed by atoms with van der Waals surface area (Å²) in [6.07, 6.45) is 0. The molecule has 2 rings (SSSR count). The van der Waals surface area contributed by atoms with Gasteiger partial charge in [0.05, 0.1) is 16.3 Å². The van der Waals surface area contributed by atoms with Crippen molar-refractivity contribution in [1.82, 2.24) is 0 Å². The minimum atomic E-state index is -4.19. The van der Waals surface area contributed by atoms with Crippen LogP contribution in [0.25, 0.3) is 0 Å². The molecular weight excluding hydrogens is 276 g/mol.